The molecule has 6 heteroatoms. The van der Waals surface area contributed by atoms with E-state index in [1.54, 1.807) is 36.4 Å². The molecule has 28 heavy (non-hydrogen) atoms. The third-order valence-electron chi connectivity index (χ3n) is 3.83. The first-order valence-electron chi connectivity index (χ1n) is 8.86. The van der Waals surface area contributed by atoms with E-state index in [1.807, 2.05) is 32.0 Å². The largest absolute Gasteiger partial charge is 0.492 e. The van der Waals surface area contributed by atoms with Gasteiger partial charge >= 0.3 is 5.97 Å². The second kappa shape index (κ2) is 9.93. The van der Waals surface area contributed by atoms with Crippen molar-refractivity contribution in [2.24, 2.45) is 0 Å². The highest BCUT2D eigenvalue weighted by Gasteiger charge is 2.21. The van der Waals surface area contributed by atoms with Gasteiger partial charge in [-0.25, -0.2) is 4.79 Å². The number of nitrogens with one attached hydrogen (secondary N) is 1. The lowest BCUT2D eigenvalue weighted by Gasteiger charge is -2.15. The zero-order chi connectivity index (χ0) is 20.5. The van der Waals surface area contributed by atoms with Gasteiger partial charge in [-0.1, -0.05) is 42.0 Å². The molecule has 0 spiro atoms. The molecule has 0 saturated heterocycles. The van der Waals surface area contributed by atoms with Gasteiger partial charge in [-0.2, -0.15) is 5.26 Å². The number of amides is 1. The summed E-state index contributed by atoms with van der Waals surface area (Å²) in [5.41, 5.74) is 2.06. The Balaban J connectivity index is 2.05. The number of rotatable bonds is 7. The third-order valence-corrected chi connectivity index (χ3v) is 3.83. The molecule has 144 valence electrons. The fraction of sp³-hybridized carbons (Fsp3) is 0.227. The van der Waals surface area contributed by atoms with Crippen molar-refractivity contribution in [1.82, 2.24) is 0 Å². The van der Waals surface area contributed by atoms with Gasteiger partial charge in [-0.3, -0.25) is 4.79 Å². The standard InChI is InChI=1S/C22H22N2O4/c1-4-27-20-8-6-5-7-19(20)24-21(25)16(3)28-22(26)18(14-23)13-17-11-9-15(2)10-12-17/h5-13,16H,4H2,1-3H3,(H,24,25)/b18-13+/t16-/m1/s1. The topological polar surface area (TPSA) is 88.4 Å². The van der Waals surface area contributed by atoms with E-state index < -0.39 is 18.0 Å². The number of carbonyl (C=O) groups is 2. The summed E-state index contributed by atoms with van der Waals surface area (Å²) in [7, 11) is 0. The molecule has 0 radical (unpaired) electrons. The van der Waals surface area contributed by atoms with Crippen molar-refractivity contribution in [3.05, 3.63) is 65.2 Å². The molecule has 1 N–H and O–H groups in total. The van der Waals surface area contributed by atoms with Crippen molar-refractivity contribution in [2.75, 3.05) is 11.9 Å². The van der Waals surface area contributed by atoms with Crippen LogP contribution >= 0.6 is 0 Å². The fourth-order valence-electron chi connectivity index (χ4n) is 2.33. The van der Waals surface area contributed by atoms with Crippen LogP contribution in [0, 0.1) is 18.3 Å². The summed E-state index contributed by atoms with van der Waals surface area (Å²) in [5.74, 6) is -0.856. The SMILES string of the molecule is CCOc1ccccc1NC(=O)[C@@H](C)OC(=O)/C(C#N)=C/c1ccc(C)cc1. The van der Waals surface area contributed by atoms with Gasteiger partial charge in [-0.15, -0.1) is 0 Å². The third kappa shape index (κ3) is 5.71. The Kier molecular flexibility index (Phi) is 7.35. The number of para-hydroxylation sites is 2. The Morgan fingerprint density at radius 3 is 2.50 bits per heavy atom. The van der Waals surface area contributed by atoms with Gasteiger partial charge in [0, 0.05) is 0 Å². The Labute approximate surface area is 164 Å². The van der Waals surface area contributed by atoms with E-state index in [9.17, 15) is 14.9 Å². The molecule has 2 aromatic rings. The molecule has 2 rings (SSSR count). The molecule has 0 aliphatic heterocycles. The van der Waals surface area contributed by atoms with Crippen LogP contribution in [0.2, 0.25) is 0 Å². The Hall–Kier alpha value is -3.59. The van der Waals surface area contributed by atoms with Crippen LogP contribution in [0.15, 0.2) is 54.1 Å². The normalized spacial score (nSPS) is 11.9. The minimum absolute atomic E-state index is 0.182. The summed E-state index contributed by atoms with van der Waals surface area (Å²) in [4.78, 5) is 24.6. The lowest BCUT2D eigenvalue weighted by atomic mass is 10.1. The van der Waals surface area contributed by atoms with E-state index >= 15 is 0 Å². The van der Waals surface area contributed by atoms with Crippen LogP contribution in [0.4, 0.5) is 5.69 Å². The minimum atomic E-state index is -1.09. The van der Waals surface area contributed by atoms with Crippen LogP contribution < -0.4 is 10.1 Å². The molecule has 0 unspecified atom stereocenters. The maximum absolute atomic E-state index is 12.4. The highest BCUT2D eigenvalue weighted by molar-refractivity contribution is 6.01. The average molecular weight is 378 g/mol. The quantitative estimate of drug-likeness (QED) is 0.449. The molecular formula is C22H22N2O4. The molecular weight excluding hydrogens is 356 g/mol. The molecule has 0 aliphatic carbocycles. The Morgan fingerprint density at radius 1 is 1.18 bits per heavy atom. The van der Waals surface area contributed by atoms with Gasteiger partial charge in [0.15, 0.2) is 6.10 Å². The van der Waals surface area contributed by atoms with Crippen molar-refractivity contribution < 1.29 is 19.1 Å². The van der Waals surface area contributed by atoms with E-state index in [0.29, 0.717) is 23.6 Å². The average Bonchev–Trinajstić information content (AvgIpc) is 2.69. The number of hydrogen-bond acceptors (Lipinski definition) is 5. The zero-order valence-corrected chi connectivity index (χ0v) is 16.1. The number of nitriles is 1. The maximum atomic E-state index is 12.4. The summed E-state index contributed by atoms with van der Waals surface area (Å²) in [6.45, 7) is 5.67. The van der Waals surface area contributed by atoms with Crippen molar-refractivity contribution in [3.8, 4) is 11.8 Å². The minimum Gasteiger partial charge on any atom is -0.492 e. The van der Waals surface area contributed by atoms with Crippen LogP contribution in [0.3, 0.4) is 0 Å². The van der Waals surface area contributed by atoms with Crippen molar-refractivity contribution >= 4 is 23.6 Å². The molecule has 2 aromatic carbocycles. The predicted octanol–water partition coefficient (Wildman–Crippen LogP) is 3.87. The summed E-state index contributed by atoms with van der Waals surface area (Å²) in [6.07, 6.45) is 0.341. The Bertz CT molecular complexity index is 911. The van der Waals surface area contributed by atoms with Gasteiger partial charge in [-0.05, 0) is 44.5 Å². The van der Waals surface area contributed by atoms with Crippen molar-refractivity contribution in [2.45, 2.75) is 26.9 Å². The molecule has 0 aliphatic rings. The first-order chi connectivity index (χ1) is 13.4. The number of benzene rings is 2. The first kappa shape index (κ1) is 20.7. The molecule has 0 bridgehead atoms. The van der Waals surface area contributed by atoms with Crippen LogP contribution in [0.1, 0.15) is 25.0 Å². The van der Waals surface area contributed by atoms with Gasteiger partial charge in [0.2, 0.25) is 0 Å². The molecule has 0 saturated carbocycles. The number of ether oxygens (including phenoxy) is 2. The highest BCUT2D eigenvalue weighted by atomic mass is 16.5. The number of carbonyl (C=O) groups excluding carboxylic acids is 2. The lowest BCUT2D eigenvalue weighted by molar-refractivity contribution is -0.148. The van der Waals surface area contributed by atoms with Crippen LogP contribution in [-0.2, 0) is 14.3 Å². The number of anilines is 1. The molecule has 0 fully saturated rings. The predicted molar refractivity (Wildman–Crippen MR) is 107 cm³/mol. The first-order valence-corrected chi connectivity index (χ1v) is 8.86. The molecule has 1 amide bonds. The maximum Gasteiger partial charge on any atom is 0.349 e. The van der Waals surface area contributed by atoms with Crippen molar-refractivity contribution in [1.29, 1.82) is 5.26 Å². The second-order valence-electron chi connectivity index (χ2n) is 6.05. The number of hydrogen-bond donors (Lipinski definition) is 1. The smallest absolute Gasteiger partial charge is 0.349 e. The van der Waals surface area contributed by atoms with Gasteiger partial charge in [0.25, 0.3) is 5.91 Å². The molecule has 1 atom stereocenters. The summed E-state index contributed by atoms with van der Waals surface area (Å²) in [6, 6.07) is 16.1. The molecule has 0 aromatic heterocycles. The second-order valence-corrected chi connectivity index (χ2v) is 6.05. The Morgan fingerprint density at radius 2 is 1.86 bits per heavy atom. The summed E-state index contributed by atoms with van der Waals surface area (Å²) >= 11 is 0. The van der Waals surface area contributed by atoms with E-state index in [4.69, 9.17) is 9.47 Å². The van der Waals surface area contributed by atoms with E-state index in [0.717, 1.165) is 5.56 Å². The number of aryl methyl sites for hydroxylation is 1. The van der Waals surface area contributed by atoms with E-state index in [-0.39, 0.29) is 5.57 Å². The van der Waals surface area contributed by atoms with Gasteiger partial charge < -0.3 is 14.8 Å². The number of esters is 1. The summed E-state index contributed by atoms with van der Waals surface area (Å²) in [5, 5.41) is 11.9. The van der Waals surface area contributed by atoms with Gasteiger partial charge in [0.1, 0.15) is 17.4 Å². The van der Waals surface area contributed by atoms with Crippen LogP contribution in [0.5, 0.6) is 5.75 Å². The lowest BCUT2D eigenvalue weighted by Crippen LogP contribution is -2.30. The van der Waals surface area contributed by atoms with Crippen LogP contribution in [-0.4, -0.2) is 24.6 Å². The van der Waals surface area contributed by atoms with E-state index in [1.165, 1.54) is 13.0 Å². The number of nitrogens with zero attached hydrogens (tertiary/aromatic N) is 1. The van der Waals surface area contributed by atoms with E-state index in [2.05, 4.69) is 5.32 Å². The van der Waals surface area contributed by atoms with Crippen molar-refractivity contribution in [3.63, 3.8) is 0 Å². The monoisotopic (exact) mass is 378 g/mol. The molecule has 6 nitrogen and oxygen atoms in total. The van der Waals surface area contributed by atoms with Crippen LogP contribution in [0.25, 0.3) is 6.08 Å². The fourth-order valence-corrected chi connectivity index (χ4v) is 2.33. The van der Waals surface area contributed by atoms with Gasteiger partial charge in [0.05, 0.1) is 12.3 Å². The highest BCUT2D eigenvalue weighted by Crippen LogP contribution is 2.24. The molecule has 0 heterocycles. The zero-order valence-electron chi connectivity index (χ0n) is 16.1. The summed E-state index contributed by atoms with van der Waals surface area (Å²) < 4.78 is 10.6.